The monoisotopic (exact) mass is 319 g/mol. The average molecular weight is 319 g/mol. The molecule has 0 aromatic heterocycles. The molecule has 0 saturated carbocycles. The number of nitro benzene ring substituents is 1. The number of hydrogen-bond acceptors (Lipinski definition) is 6. The van der Waals surface area contributed by atoms with Crippen LogP contribution in [0.15, 0.2) is 41.3 Å². The van der Waals surface area contributed by atoms with Crippen molar-refractivity contribution in [3.8, 4) is 11.5 Å². The highest BCUT2D eigenvalue weighted by Gasteiger charge is 2.29. The summed E-state index contributed by atoms with van der Waals surface area (Å²) in [6.07, 6.45) is 0. The zero-order chi connectivity index (χ0) is 15.7. The summed E-state index contributed by atoms with van der Waals surface area (Å²) in [5.74, 6) is -0.0807. The third kappa shape index (κ3) is 2.60. The standard InChI is InChI=1S/C15H13NO5S/c1-20-13-7-11(16(18)19)10(6-12(13)17)15-21-8-9-4-2-3-5-14(9)22-15/h2-7,15,17H,8H2,1H3. The van der Waals surface area contributed by atoms with E-state index in [-0.39, 0.29) is 17.2 Å². The van der Waals surface area contributed by atoms with Crippen LogP contribution in [-0.2, 0) is 11.3 Å². The van der Waals surface area contributed by atoms with E-state index in [1.165, 1.54) is 31.0 Å². The number of ether oxygens (including phenoxy) is 2. The first-order valence-electron chi connectivity index (χ1n) is 6.51. The van der Waals surface area contributed by atoms with Gasteiger partial charge in [0.15, 0.2) is 11.5 Å². The molecule has 1 aliphatic heterocycles. The van der Waals surface area contributed by atoms with Crippen LogP contribution in [0.25, 0.3) is 0 Å². The second kappa shape index (κ2) is 5.86. The van der Waals surface area contributed by atoms with Gasteiger partial charge in [-0.25, -0.2) is 0 Å². The highest BCUT2D eigenvalue weighted by atomic mass is 32.2. The Bertz CT molecular complexity index is 734. The Morgan fingerprint density at radius 3 is 2.91 bits per heavy atom. The Hall–Kier alpha value is -2.25. The third-order valence-corrected chi connectivity index (χ3v) is 4.63. The van der Waals surface area contributed by atoms with Gasteiger partial charge in [0.25, 0.3) is 5.69 Å². The number of hydrogen-bond donors (Lipinski definition) is 1. The molecule has 1 heterocycles. The largest absolute Gasteiger partial charge is 0.504 e. The lowest BCUT2D eigenvalue weighted by atomic mass is 10.1. The molecule has 1 atom stereocenters. The van der Waals surface area contributed by atoms with Gasteiger partial charge in [-0.2, -0.15) is 0 Å². The van der Waals surface area contributed by atoms with Crippen LogP contribution in [0.5, 0.6) is 11.5 Å². The molecule has 6 nitrogen and oxygen atoms in total. The highest BCUT2D eigenvalue weighted by molar-refractivity contribution is 7.99. The first kappa shape index (κ1) is 14.7. The first-order valence-corrected chi connectivity index (χ1v) is 7.39. The zero-order valence-corrected chi connectivity index (χ0v) is 12.5. The molecule has 0 bridgehead atoms. The van der Waals surface area contributed by atoms with E-state index in [0.29, 0.717) is 12.2 Å². The normalized spacial score (nSPS) is 16.9. The number of aromatic hydroxyl groups is 1. The van der Waals surface area contributed by atoms with Crippen molar-refractivity contribution >= 4 is 17.4 Å². The lowest BCUT2D eigenvalue weighted by Crippen LogP contribution is -2.09. The van der Waals surface area contributed by atoms with Gasteiger partial charge in [-0.1, -0.05) is 30.0 Å². The van der Waals surface area contributed by atoms with Crippen molar-refractivity contribution in [2.75, 3.05) is 7.11 Å². The van der Waals surface area contributed by atoms with Crippen molar-refractivity contribution < 1.29 is 19.5 Å². The number of benzene rings is 2. The summed E-state index contributed by atoms with van der Waals surface area (Å²) in [5, 5.41) is 21.2. The van der Waals surface area contributed by atoms with Crippen LogP contribution in [0.2, 0.25) is 0 Å². The molecule has 0 spiro atoms. The molecule has 0 radical (unpaired) electrons. The molecule has 0 fully saturated rings. The summed E-state index contributed by atoms with van der Waals surface area (Å²) >= 11 is 1.39. The van der Waals surface area contributed by atoms with Crippen LogP contribution in [0.3, 0.4) is 0 Å². The third-order valence-electron chi connectivity index (χ3n) is 3.38. The van der Waals surface area contributed by atoms with E-state index < -0.39 is 10.4 Å². The molecule has 2 aromatic carbocycles. The second-order valence-corrected chi connectivity index (χ2v) is 5.81. The van der Waals surface area contributed by atoms with E-state index in [0.717, 1.165) is 10.5 Å². The number of phenols is 1. The molecule has 114 valence electrons. The predicted molar refractivity (Wildman–Crippen MR) is 81.1 cm³/mol. The second-order valence-electron chi connectivity index (χ2n) is 4.71. The lowest BCUT2D eigenvalue weighted by Gasteiger charge is -2.25. The molecule has 22 heavy (non-hydrogen) atoms. The molecular formula is C15H13NO5S. The SMILES string of the molecule is COc1cc([N+](=O)[O-])c(C2OCc3ccccc3S2)cc1O. The van der Waals surface area contributed by atoms with Crippen molar-refractivity contribution in [3.63, 3.8) is 0 Å². The number of fused-ring (bicyclic) bond motifs is 1. The van der Waals surface area contributed by atoms with Crippen LogP contribution in [-0.4, -0.2) is 17.1 Å². The number of rotatable bonds is 3. The van der Waals surface area contributed by atoms with E-state index in [4.69, 9.17) is 9.47 Å². The van der Waals surface area contributed by atoms with Crippen molar-refractivity contribution in [2.24, 2.45) is 0 Å². The fourth-order valence-corrected chi connectivity index (χ4v) is 3.41. The van der Waals surface area contributed by atoms with Crippen molar-refractivity contribution in [1.29, 1.82) is 0 Å². The number of phenolic OH excluding ortho intramolecular Hbond substituents is 1. The van der Waals surface area contributed by atoms with Crippen LogP contribution >= 0.6 is 11.8 Å². The summed E-state index contributed by atoms with van der Waals surface area (Å²) in [7, 11) is 1.35. The Labute approximate surface area is 130 Å². The first-order chi connectivity index (χ1) is 10.6. The topological polar surface area (TPSA) is 81.8 Å². The Kier molecular flexibility index (Phi) is 3.91. The van der Waals surface area contributed by atoms with E-state index in [1.54, 1.807) is 0 Å². The van der Waals surface area contributed by atoms with Gasteiger partial charge in [0, 0.05) is 4.90 Å². The van der Waals surface area contributed by atoms with E-state index in [9.17, 15) is 15.2 Å². The van der Waals surface area contributed by atoms with Gasteiger partial charge >= 0.3 is 0 Å². The molecule has 1 unspecified atom stereocenters. The maximum absolute atomic E-state index is 11.3. The summed E-state index contributed by atoms with van der Waals surface area (Å²) in [5.41, 5.74) is 0.686. The van der Waals surface area contributed by atoms with Crippen LogP contribution in [0.1, 0.15) is 16.6 Å². The van der Waals surface area contributed by atoms with Crippen molar-refractivity contribution in [3.05, 3.63) is 57.6 Å². The molecule has 0 aliphatic carbocycles. The fraction of sp³-hybridized carbons (Fsp3) is 0.200. The number of nitrogens with zero attached hydrogens (tertiary/aromatic N) is 1. The van der Waals surface area contributed by atoms with Crippen molar-refractivity contribution in [2.45, 2.75) is 16.9 Å². The Morgan fingerprint density at radius 1 is 1.41 bits per heavy atom. The van der Waals surface area contributed by atoms with Gasteiger partial charge in [0.05, 0.1) is 30.3 Å². The lowest BCUT2D eigenvalue weighted by molar-refractivity contribution is -0.386. The quantitative estimate of drug-likeness (QED) is 0.687. The van der Waals surface area contributed by atoms with Gasteiger partial charge < -0.3 is 14.6 Å². The van der Waals surface area contributed by atoms with Crippen LogP contribution in [0, 0.1) is 10.1 Å². The highest BCUT2D eigenvalue weighted by Crippen LogP contribution is 2.47. The number of methoxy groups -OCH3 is 1. The minimum atomic E-state index is -0.549. The van der Waals surface area contributed by atoms with Gasteiger partial charge in [0.1, 0.15) is 5.44 Å². The molecule has 2 aromatic rings. The van der Waals surface area contributed by atoms with Crippen LogP contribution in [0.4, 0.5) is 5.69 Å². The van der Waals surface area contributed by atoms with Gasteiger partial charge in [0.2, 0.25) is 0 Å². The molecule has 1 aliphatic rings. The number of thioether (sulfide) groups is 1. The molecular weight excluding hydrogens is 306 g/mol. The minimum absolute atomic E-state index is 0.0664. The zero-order valence-electron chi connectivity index (χ0n) is 11.7. The Balaban J connectivity index is 2.02. The van der Waals surface area contributed by atoms with Gasteiger partial charge in [-0.3, -0.25) is 10.1 Å². The van der Waals surface area contributed by atoms with Crippen molar-refractivity contribution in [1.82, 2.24) is 0 Å². The summed E-state index contributed by atoms with van der Waals surface area (Å²) in [6, 6.07) is 10.3. The molecule has 0 amide bonds. The molecule has 3 rings (SSSR count). The Morgan fingerprint density at radius 2 is 2.18 bits per heavy atom. The smallest absolute Gasteiger partial charge is 0.280 e. The molecule has 7 heteroatoms. The predicted octanol–water partition coefficient (Wildman–Crippen LogP) is 3.63. The summed E-state index contributed by atoms with van der Waals surface area (Å²) in [4.78, 5) is 11.8. The van der Waals surface area contributed by atoms with Gasteiger partial charge in [-0.05, 0) is 17.7 Å². The fourth-order valence-electron chi connectivity index (χ4n) is 2.29. The maximum Gasteiger partial charge on any atom is 0.280 e. The summed E-state index contributed by atoms with van der Waals surface area (Å²) in [6.45, 7) is 0.373. The van der Waals surface area contributed by atoms with E-state index in [1.807, 2.05) is 24.3 Å². The number of nitro groups is 1. The minimum Gasteiger partial charge on any atom is -0.504 e. The maximum atomic E-state index is 11.3. The summed E-state index contributed by atoms with van der Waals surface area (Å²) < 4.78 is 10.6. The van der Waals surface area contributed by atoms with E-state index >= 15 is 0 Å². The van der Waals surface area contributed by atoms with Gasteiger partial charge in [-0.15, -0.1) is 0 Å². The van der Waals surface area contributed by atoms with Crippen LogP contribution < -0.4 is 4.74 Å². The molecule has 1 N–H and O–H groups in total. The molecule has 0 saturated heterocycles. The average Bonchev–Trinajstić information content (AvgIpc) is 2.53. The van der Waals surface area contributed by atoms with E-state index in [2.05, 4.69) is 0 Å².